The molecule has 1 aliphatic rings. The molecule has 1 saturated heterocycles. The first-order chi connectivity index (χ1) is 13.5. The maximum Gasteiger partial charge on any atom is 0.257 e. The van der Waals surface area contributed by atoms with E-state index in [1.54, 1.807) is 53.3 Å². The second kappa shape index (κ2) is 8.73. The van der Waals surface area contributed by atoms with Crippen LogP contribution < -0.4 is 9.47 Å². The first-order valence-electron chi connectivity index (χ1n) is 9.06. The molecule has 0 radical (unpaired) electrons. The second-order valence-corrected chi connectivity index (χ2v) is 6.51. The zero-order valence-electron chi connectivity index (χ0n) is 16.0. The third kappa shape index (κ3) is 4.24. The number of amides is 2. The minimum atomic E-state index is -0.378. The van der Waals surface area contributed by atoms with Crippen LogP contribution in [0.3, 0.4) is 0 Å². The standard InChI is InChI=1S/C21H23FN2O4/c1-27-16-7-8-17(19(14-16)28-2)21(26)24-11-9-23(10-12-24)20(25)13-15-5-3-4-6-18(15)22/h3-8,14H,9-13H2,1-2H3. The summed E-state index contributed by atoms with van der Waals surface area (Å²) in [4.78, 5) is 28.7. The van der Waals surface area contributed by atoms with E-state index in [1.165, 1.54) is 13.2 Å². The number of nitrogens with zero attached hydrogens (tertiary/aromatic N) is 2. The van der Waals surface area contributed by atoms with Gasteiger partial charge in [0.1, 0.15) is 17.3 Å². The topological polar surface area (TPSA) is 59.1 Å². The summed E-state index contributed by atoms with van der Waals surface area (Å²) >= 11 is 0. The molecule has 2 aromatic carbocycles. The minimum Gasteiger partial charge on any atom is -0.497 e. The number of carbonyl (C=O) groups is 2. The summed E-state index contributed by atoms with van der Waals surface area (Å²) in [5.74, 6) is 0.385. The maximum absolute atomic E-state index is 13.8. The van der Waals surface area contributed by atoms with Crippen molar-refractivity contribution in [3.63, 3.8) is 0 Å². The summed E-state index contributed by atoms with van der Waals surface area (Å²) in [6.07, 6.45) is 0.0208. The molecule has 0 bridgehead atoms. The molecule has 0 unspecified atom stereocenters. The van der Waals surface area contributed by atoms with E-state index >= 15 is 0 Å². The monoisotopic (exact) mass is 386 g/mol. The summed E-state index contributed by atoms with van der Waals surface area (Å²) in [6.45, 7) is 1.66. The maximum atomic E-state index is 13.8. The van der Waals surface area contributed by atoms with E-state index in [-0.39, 0.29) is 24.1 Å². The predicted molar refractivity (Wildman–Crippen MR) is 102 cm³/mol. The Morgan fingerprint density at radius 1 is 0.964 bits per heavy atom. The molecule has 3 rings (SSSR count). The van der Waals surface area contributed by atoms with E-state index in [0.29, 0.717) is 48.8 Å². The molecule has 0 atom stereocenters. The molecule has 0 spiro atoms. The fourth-order valence-electron chi connectivity index (χ4n) is 3.22. The Balaban J connectivity index is 1.61. The predicted octanol–water partition coefficient (Wildman–Crippen LogP) is 2.37. The van der Waals surface area contributed by atoms with Crippen LogP contribution in [-0.4, -0.2) is 62.0 Å². The van der Waals surface area contributed by atoms with Crippen LogP contribution in [0.5, 0.6) is 11.5 Å². The van der Waals surface area contributed by atoms with Gasteiger partial charge in [-0.15, -0.1) is 0 Å². The average Bonchev–Trinajstić information content (AvgIpc) is 2.74. The number of halogens is 1. The molecule has 1 heterocycles. The van der Waals surface area contributed by atoms with E-state index in [1.807, 2.05) is 0 Å². The first kappa shape index (κ1) is 19.7. The van der Waals surface area contributed by atoms with Crippen LogP contribution in [0.15, 0.2) is 42.5 Å². The largest absolute Gasteiger partial charge is 0.497 e. The van der Waals surface area contributed by atoms with Crippen molar-refractivity contribution in [1.29, 1.82) is 0 Å². The average molecular weight is 386 g/mol. The molecule has 0 N–H and O–H groups in total. The Hall–Kier alpha value is -3.09. The third-order valence-electron chi connectivity index (χ3n) is 4.86. The highest BCUT2D eigenvalue weighted by molar-refractivity contribution is 5.97. The van der Waals surface area contributed by atoms with Crippen LogP contribution in [0.25, 0.3) is 0 Å². The normalized spacial score (nSPS) is 14.0. The van der Waals surface area contributed by atoms with Crippen LogP contribution >= 0.6 is 0 Å². The molecule has 148 valence electrons. The highest BCUT2D eigenvalue weighted by atomic mass is 19.1. The van der Waals surface area contributed by atoms with Gasteiger partial charge in [-0.3, -0.25) is 9.59 Å². The minimum absolute atomic E-state index is 0.0208. The zero-order valence-corrected chi connectivity index (χ0v) is 16.0. The summed E-state index contributed by atoms with van der Waals surface area (Å²) in [5.41, 5.74) is 0.836. The third-order valence-corrected chi connectivity index (χ3v) is 4.86. The summed E-state index contributed by atoms with van der Waals surface area (Å²) < 4.78 is 24.2. The number of methoxy groups -OCH3 is 2. The van der Waals surface area contributed by atoms with Crippen molar-refractivity contribution in [1.82, 2.24) is 9.80 Å². The lowest BCUT2D eigenvalue weighted by Crippen LogP contribution is -2.51. The summed E-state index contributed by atoms with van der Waals surface area (Å²) in [7, 11) is 3.05. The Morgan fingerprint density at radius 3 is 2.29 bits per heavy atom. The summed E-state index contributed by atoms with van der Waals surface area (Å²) in [6, 6.07) is 11.3. The van der Waals surface area contributed by atoms with Crippen molar-refractivity contribution in [3.05, 3.63) is 59.4 Å². The Labute approximate surface area is 163 Å². The number of carbonyl (C=O) groups excluding carboxylic acids is 2. The number of hydrogen-bond donors (Lipinski definition) is 0. The first-order valence-corrected chi connectivity index (χ1v) is 9.06. The van der Waals surface area contributed by atoms with Crippen molar-refractivity contribution < 1.29 is 23.5 Å². The highest BCUT2D eigenvalue weighted by Crippen LogP contribution is 2.26. The van der Waals surface area contributed by atoms with Gasteiger partial charge < -0.3 is 19.3 Å². The van der Waals surface area contributed by atoms with Gasteiger partial charge in [0.05, 0.1) is 26.2 Å². The smallest absolute Gasteiger partial charge is 0.257 e. The molecule has 6 nitrogen and oxygen atoms in total. The van der Waals surface area contributed by atoms with E-state index in [2.05, 4.69) is 0 Å². The molecule has 28 heavy (non-hydrogen) atoms. The van der Waals surface area contributed by atoms with Crippen molar-refractivity contribution >= 4 is 11.8 Å². The Kier molecular flexibility index (Phi) is 6.13. The second-order valence-electron chi connectivity index (χ2n) is 6.51. The molecule has 0 aliphatic carbocycles. The van der Waals surface area contributed by atoms with Crippen LogP contribution in [0.2, 0.25) is 0 Å². The molecule has 0 aromatic heterocycles. The molecule has 0 saturated carbocycles. The van der Waals surface area contributed by atoms with Gasteiger partial charge in [0.15, 0.2) is 0 Å². The molecule has 2 amide bonds. The lowest BCUT2D eigenvalue weighted by atomic mass is 10.1. The van der Waals surface area contributed by atoms with Crippen LogP contribution in [0, 0.1) is 5.82 Å². The van der Waals surface area contributed by atoms with Crippen LogP contribution in [0.1, 0.15) is 15.9 Å². The van der Waals surface area contributed by atoms with Crippen molar-refractivity contribution in [3.8, 4) is 11.5 Å². The lowest BCUT2D eigenvalue weighted by molar-refractivity contribution is -0.132. The van der Waals surface area contributed by atoms with E-state index in [4.69, 9.17) is 9.47 Å². The highest BCUT2D eigenvalue weighted by Gasteiger charge is 2.27. The zero-order chi connectivity index (χ0) is 20.1. The van der Waals surface area contributed by atoms with Gasteiger partial charge >= 0.3 is 0 Å². The number of piperazine rings is 1. The van der Waals surface area contributed by atoms with Gasteiger partial charge in [-0.05, 0) is 23.8 Å². The van der Waals surface area contributed by atoms with Crippen molar-refractivity contribution in [2.24, 2.45) is 0 Å². The molecule has 2 aromatic rings. The van der Waals surface area contributed by atoms with Gasteiger partial charge in [0.2, 0.25) is 5.91 Å². The number of benzene rings is 2. The SMILES string of the molecule is COc1ccc(C(=O)N2CCN(C(=O)Cc3ccccc3F)CC2)c(OC)c1. The van der Waals surface area contributed by atoms with E-state index in [9.17, 15) is 14.0 Å². The van der Waals surface area contributed by atoms with Crippen LogP contribution in [-0.2, 0) is 11.2 Å². The number of rotatable bonds is 5. The van der Waals surface area contributed by atoms with Crippen molar-refractivity contribution in [2.75, 3.05) is 40.4 Å². The molecular weight excluding hydrogens is 363 g/mol. The Bertz CT molecular complexity index is 863. The fraction of sp³-hybridized carbons (Fsp3) is 0.333. The number of ether oxygens (including phenoxy) is 2. The van der Waals surface area contributed by atoms with Gasteiger partial charge in [0.25, 0.3) is 5.91 Å². The van der Waals surface area contributed by atoms with Crippen molar-refractivity contribution in [2.45, 2.75) is 6.42 Å². The van der Waals surface area contributed by atoms with Gasteiger partial charge in [-0.25, -0.2) is 4.39 Å². The van der Waals surface area contributed by atoms with Gasteiger partial charge in [-0.1, -0.05) is 18.2 Å². The Morgan fingerprint density at radius 2 is 1.64 bits per heavy atom. The molecule has 1 aliphatic heterocycles. The quantitative estimate of drug-likeness (QED) is 0.792. The summed E-state index contributed by atoms with van der Waals surface area (Å²) in [5, 5.41) is 0. The van der Waals surface area contributed by atoms with Gasteiger partial charge in [-0.2, -0.15) is 0 Å². The lowest BCUT2D eigenvalue weighted by Gasteiger charge is -2.35. The molecule has 1 fully saturated rings. The fourth-order valence-corrected chi connectivity index (χ4v) is 3.22. The van der Waals surface area contributed by atoms with Gasteiger partial charge in [0, 0.05) is 32.2 Å². The van der Waals surface area contributed by atoms with Crippen LogP contribution in [0.4, 0.5) is 4.39 Å². The molecular formula is C21H23FN2O4. The van der Waals surface area contributed by atoms with E-state index < -0.39 is 0 Å². The number of hydrogen-bond acceptors (Lipinski definition) is 4. The molecule has 7 heteroatoms. The van der Waals surface area contributed by atoms with E-state index in [0.717, 1.165) is 0 Å².